The third-order valence-electron chi connectivity index (χ3n) is 5.06. The molecule has 14 nitrogen and oxygen atoms in total. The van der Waals surface area contributed by atoms with Crippen molar-refractivity contribution >= 4 is 44.3 Å². The second-order valence-electron chi connectivity index (χ2n) is 8.17. The highest BCUT2D eigenvalue weighted by Crippen LogP contribution is 2.50. The fourth-order valence-corrected chi connectivity index (χ4v) is 5.18. The van der Waals surface area contributed by atoms with E-state index in [1.807, 2.05) is 0 Å². The summed E-state index contributed by atoms with van der Waals surface area (Å²) < 4.78 is 65.2. The standard InChI is InChI=1S/C22H24N8O6S2/c1-11-23-12(2)26-21(25-11)29-15-5-7-17(19(9-15)37(31,32)33)18-8-6-16(10-20(18)38(34,35)36)30-22-27-13(3)24-14(4)28-22/h5-10,31-33H,1-4H3,(H,34,35,36)(H,23,25,26,29)(H,24,27,28,30). The molecule has 4 rings (SSSR count). The highest BCUT2D eigenvalue weighted by Gasteiger charge is 2.26. The van der Waals surface area contributed by atoms with Crippen LogP contribution in [0.2, 0.25) is 0 Å². The van der Waals surface area contributed by atoms with Gasteiger partial charge in [-0.1, -0.05) is 12.1 Å². The van der Waals surface area contributed by atoms with Gasteiger partial charge < -0.3 is 24.3 Å². The molecule has 0 spiro atoms. The van der Waals surface area contributed by atoms with Gasteiger partial charge in [0.1, 0.15) is 39.1 Å². The lowest BCUT2D eigenvalue weighted by Gasteiger charge is -2.24. The van der Waals surface area contributed by atoms with Gasteiger partial charge in [0.05, 0.1) is 4.90 Å². The van der Waals surface area contributed by atoms with Crippen LogP contribution >= 0.6 is 10.9 Å². The predicted molar refractivity (Wildman–Crippen MR) is 141 cm³/mol. The van der Waals surface area contributed by atoms with Gasteiger partial charge in [0.2, 0.25) is 11.9 Å². The zero-order valence-corrected chi connectivity index (χ0v) is 22.2. The molecule has 0 amide bonds. The van der Waals surface area contributed by atoms with E-state index in [0.717, 1.165) is 6.07 Å². The number of rotatable bonds is 7. The molecule has 0 saturated heterocycles. The first-order valence-corrected chi connectivity index (χ1v) is 13.8. The van der Waals surface area contributed by atoms with Crippen LogP contribution < -0.4 is 10.6 Å². The fourth-order valence-electron chi connectivity index (χ4n) is 3.69. The molecule has 0 aliphatic carbocycles. The van der Waals surface area contributed by atoms with E-state index in [0.29, 0.717) is 23.3 Å². The lowest BCUT2D eigenvalue weighted by atomic mass is 10.0. The Bertz CT molecular complexity index is 1600. The molecule has 0 saturated carbocycles. The van der Waals surface area contributed by atoms with Crippen molar-refractivity contribution in [3.05, 3.63) is 59.7 Å². The maximum absolute atomic E-state index is 12.3. The number of nitrogens with one attached hydrogen (secondary N) is 2. The predicted octanol–water partition coefficient (Wildman–Crippen LogP) is 4.27. The van der Waals surface area contributed by atoms with Crippen LogP contribution in [0.25, 0.3) is 11.1 Å². The van der Waals surface area contributed by atoms with Crippen LogP contribution in [0.1, 0.15) is 23.3 Å². The normalized spacial score (nSPS) is 12.3. The number of aromatic nitrogens is 6. The maximum Gasteiger partial charge on any atom is 0.295 e. The molecule has 0 aliphatic rings. The van der Waals surface area contributed by atoms with E-state index in [9.17, 15) is 26.6 Å². The van der Waals surface area contributed by atoms with Crippen molar-refractivity contribution in [2.24, 2.45) is 0 Å². The molecule has 6 N–H and O–H groups in total. The van der Waals surface area contributed by atoms with Crippen molar-refractivity contribution in [2.45, 2.75) is 37.5 Å². The summed E-state index contributed by atoms with van der Waals surface area (Å²) in [7, 11) is -9.17. The Kier molecular flexibility index (Phi) is 7.29. The van der Waals surface area contributed by atoms with Crippen molar-refractivity contribution in [1.82, 2.24) is 29.9 Å². The molecule has 0 radical (unpaired) electrons. The Balaban J connectivity index is 1.80. The van der Waals surface area contributed by atoms with E-state index in [1.165, 1.54) is 30.3 Å². The zero-order valence-electron chi connectivity index (χ0n) is 20.6. The van der Waals surface area contributed by atoms with E-state index in [-0.39, 0.29) is 39.3 Å². The topological polar surface area (TPSA) is 216 Å². The van der Waals surface area contributed by atoms with Crippen LogP contribution in [0.3, 0.4) is 0 Å². The average molecular weight is 561 g/mol. The molecule has 2 heterocycles. The van der Waals surface area contributed by atoms with Crippen LogP contribution in [-0.2, 0) is 10.1 Å². The molecular formula is C22H24N8O6S2. The summed E-state index contributed by atoms with van der Waals surface area (Å²) in [6, 6.07) is 8.02. The molecule has 2 aromatic carbocycles. The number of nitrogens with zero attached hydrogens (tertiary/aromatic N) is 6. The number of hydrogen-bond donors (Lipinski definition) is 6. The maximum atomic E-state index is 12.3. The average Bonchev–Trinajstić information content (AvgIpc) is 2.76. The van der Waals surface area contributed by atoms with Crippen LogP contribution in [0.5, 0.6) is 0 Å². The number of hydrogen-bond acceptors (Lipinski definition) is 13. The Labute approximate surface area is 219 Å². The van der Waals surface area contributed by atoms with Crippen LogP contribution in [-0.4, -0.2) is 56.5 Å². The van der Waals surface area contributed by atoms with Gasteiger partial charge in [0.15, 0.2) is 0 Å². The monoisotopic (exact) mass is 560 g/mol. The van der Waals surface area contributed by atoms with Crippen LogP contribution in [0, 0.1) is 27.7 Å². The molecule has 2 aromatic heterocycles. The van der Waals surface area contributed by atoms with Gasteiger partial charge in [-0.15, -0.1) is 0 Å². The quantitative estimate of drug-likeness (QED) is 0.174. The Morgan fingerprint density at radius 2 is 0.947 bits per heavy atom. The summed E-state index contributed by atoms with van der Waals surface area (Å²) in [5.41, 5.74) is 0.355. The first-order valence-electron chi connectivity index (χ1n) is 10.9. The van der Waals surface area contributed by atoms with E-state index in [1.54, 1.807) is 27.7 Å². The highest BCUT2D eigenvalue weighted by molar-refractivity contribution is 8.19. The van der Waals surface area contributed by atoms with Crippen molar-refractivity contribution in [3.8, 4) is 11.1 Å². The number of anilines is 4. The summed E-state index contributed by atoms with van der Waals surface area (Å²) >= 11 is 0. The summed E-state index contributed by atoms with van der Waals surface area (Å²) in [5, 5.41) is 5.75. The molecule has 0 unspecified atom stereocenters. The molecule has 0 bridgehead atoms. The smallest absolute Gasteiger partial charge is 0.295 e. The minimum Gasteiger partial charge on any atom is -0.324 e. The summed E-state index contributed by atoms with van der Waals surface area (Å²) in [6.45, 7) is 6.69. The highest BCUT2D eigenvalue weighted by atomic mass is 32.3. The Hall–Kier alpha value is -3.80. The molecule has 4 aromatic rings. The molecule has 0 fully saturated rings. The van der Waals surface area contributed by atoms with E-state index >= 15 is 0 Å². The van der Waals surface area contributed by atoms with Gasteiger partial charge in [0, 0.05) is 22.5 Å². The lowest BCUT2D eigenvalue weighted by Crippen LogP contribution is -2.07. The van der Waals surface area contributed by atoms with Crippen LogP contribution in [0.4, 0.5) is 23.3 Å². The first-order chi connectivity index (χ1) is 17.7. The molecule has 200 valence electrons. The molecule has 0 atom stereocenters. The van der Waals surface area contributed by atoms with Gasteiger partial charge in [-0.3, -0.25) is 4.55 Å². The summed E-state index contributed by atoms with van der Waals surface area (Å²) in [5.74, 6) is 2.14. The van der Waals surface area contributed by atoms with Crippen LogP contribution in [0.15, 0.2) is 46.2 Å². The third kappa shape index (κ3) is 6.36. The number of aryl methyl sites for hydroxylation is 4. The fraction of sp³-hybridized carbons (Fsp3) is 0.182. The SMILES string of the molecule is Cc1nc(C)nc(Nc2ccc(-c3ccc(Nc4nc(C)nc(C)n4)cc3S(=O)(=O)O)c(S(O)(O)O)c2)n1. The van der Waals surface area contributed by atoms with Gasteiger partial charge in [-0.25, -0.2) is 9.97 Å². The van der Waals surface area contributed by atoms with E-state index < -0.39 is 25.9 Å². The minimum absolute atomic E-state index is 0.0490. The molecule has 0 aliphatic heterocycles. The molecular weight excluding hydrogens is 536 g/mol. The summed E-state index contributed by atoms with van der Waals surface area (Å²) in [4.78, 5) is 23.8. The Morgan fingerprint density at radius 1 is 0.579 bits per heavy atom. The number of benzene rings is 2. The van der Waals surface area contributed by atoms with Gasteiger partial charge >= 0.3 is 0 Å². The first kappa shape index (κ1) is 27.2. The lowest BCUT2D eigenvalue weighted by molar-refractivity contribution is 0.376. The zero-order chi connectivity index (χ0) is 27.8. The van der Waals surface area contributed by atoms with Crippen molar-refractivity contribution in [2.75, 3.05) is 10.6 Å². The van der Waals surface area contributed by atoms with Crippen molar-refractivity contribution < 1.29 is 26.6 Å². The summed E-state index contributed by atoms with van der Waals surface area (Å²) in [6.07, 6.45) is 0. The minimum atomic E-state index is -4.81. The third-order valence-corrected chi connectivity index (χ3v) is 6.88. The molecule has 16 heteroatoms. The van der Waals surface area contributed by atoms with Crippen molar-refractivity contribution in [1.29, 1.82) is 0 Å². The van der Waals surface area contributed by atoms with Gasteiger partial charge in [-0.05, 0) is 52.0 Å². The van der Waals surface area contributed by atoms with Gasteiger partial charge in [0.25, 0.3) is 10.1 Å². The van der Waals surface area contributed by atoms with Gasteiger partial charge in [-0.2, -0.15) is 28.4 Å². The van der Waals surface area contributed by atoms with E-state index in [4.69, 9.17) is 0 Å². The van der Waals surface area contributed by atoms with E-state index in [2.05, 4.69) is 40.5 Å². The second kappa shape index (κ2) is 10.2. The van der Waals surface area contributed by atoms with Crippen molar-refractivity contribution in [3.63, 3.8) is 0 Å². The second-order valence-corrected chi connectivity index (χ2v) is 11.0. The Morgan fingerprint density at radius 3 is 1.32 bits per heavy atom. The molecule has 38 heavy (non-hydrogen) atoms. The largest absolute Gasteiger partial charge is 0.324 e.